The first-order chi connectivity index (χ1) is 4.86. The molecule has 1 saturated heterocycles. The third kappa shape index (κ3) is 1.70. The minimum Gasteiger partial charge on any atom is -0.345 e. The summed E-state index contributed by atoms with van der Waals surface area (Å²) < 4.78 is 0. The molecule has 1 heterocycles. The van der Waals surface area contributed by atoms with Crippen molar-refractivity contribution in [3.8, 4) is 0 Å². The monoisotopic (exact) mass is 142 g/mol. The fourth-order valence-electron chi connectivity index (χ4n) is 1.23. The Kier molecular flexibility index (Phi) is 2.68. The minimum absolute atomic E-state index is 0.0205. The van der Waals surface area contributed by atoms with Crippen molar-refractivity contribution in [3.05, 3.63) is 0 Å². The molecule has 0 aromatic rings. The maximum Gasteiger partial charge on any atom is 0.209 e. The molecule has 1 aliphatic heterocycles. The molecule has 10 heavy (non-hydrogen) atoms. The van der Waals surface area contributed by atoms with Crippen LogP contribution in [0.25, 0.3) is 0 Å². The molecule has 1 amide bonds. The van der Waals surface area contributed by atoms with Gasteiger partial charge in [-0.25, -0.2) is 5.11 Å². The fraction of sp³-hybridized carbons (Fsp3) is 0.857. The molecule has 0 unspecified atom stereocenters. The Bertz CT molecular complexity index is 108. The van der Waals surface area contributed by atoms with E-state index in [-0.39, 0.29) is 6.61 Å². The van der Waals surface area contributed by atoms with Crippen molar-refractivity contribution in [2.24, 2.45) is 5.92 Å². The van der Waals surface area contributed by atoms with E-state index in [4.69, 9.17) is 0 Å². The minimum atomic E-state index is 0.0205. The second kappa shape index (κ2) is 3.56. The molecule has 0 aromatic heterocycles. The molecular formula is C7H12NO2. The topological polar surface area (TPSA) is 40.2 Å². The number of carbonyl (C=O) groups is 1. The standard InChI is InChI=1S/C7H12NO2/c9-5-7-1-3-8(6-10)4-2-7/h6-7H,1-5H2. The first-order valence-corrected chi connectivity index (χ1v) is 3.64. The quantitative estimate of drug-likeness (QED) is 0.511. The highest BCUT2D eigenvalue weighted by Gasteiger charge is 2.16. The van der Waals surface area contributed by atoms with Crippen LogP contribution in [0.1, 0.15) is 12.8 Å². The Balaban J connectivity index is 2.23. The number of piperidine rings is 1. The smallest absolute Gasteiger partial charge is 0.209 e. The SMILES string of the molecule is [O]CC1CCN(C=O)CC1. The summed E-state index contributed by atoms with van der Waals surface area (Å²) in [4.78, 5) is 11.9. The van der Waals surface area contributed by atoms with Crippen LogP contribution >= 0.6 is 0 Å². The van der Waals surface area contributed by atoms with E-state index in [2.05, 4.69) is 0 Å². The van der Waals surface area contributed by atoms with Crippen molar-refractivity contribution in [3.63, 3.8) is 0 Å². The molecule has 0 spiro atoms. The molecule has 1 rings (SSSR count). The lowest BCUT2D eigenvalue weighted by Crippen LogP contribution is -2.33. The van der Waals surface area contributed by atoms with E-state index < -0.39 is 0 Å². The van der Waals surface area contributed by atoms with Crippen molar-refractivity contribution in [1.82, 2.24) is 4.90 Å². The second-order valence-electron chi connectivity index (χ2n) is 2.75. The normalized spacial score (nSPS) is 21.1. The first kappa shape index (κ1) is 7.54. The van der Waals surface area contributed by atoms with E-state index in [1.165, 1.54) is 0 Å². The van der Waals surface area contributed by atoms with Gasteiger partial charge in [-0.05, 0) is 18.8 Å². The predicted molar refractivity (Wildman–Crippen MR) is 35.9 cm³/mol. The summed E-state index contributed by atoms with van der Waals surface area (Å²) in [7, 11) is 0. The Labute approximate surface area is 60.6 Å². The number of likely N-dealkylation sites (tertiary alicyclic amines) is 1. The number of hydrogen-bond acceptors (Lipinski definition) is 1. The van der Waals surface area contributed by atoms with Crippen LogP contribution in [0.15, 0.2) is 0 Å². The lowest BCUT2D eigenvalue weighted by atomic mass is 9.98. The van der Waals surface area contributed by atoms with Crippen molar-refractivity contribution < 1.29 is 9.90 Å². The molecule has 0 atom stereocenters. The van der Waals surface area contributed by atoms with Crippen LogP contribution in [-0.4, -0.2) is 31.0 Å². The molecule has 1 aliphatic rings. The predicted octanol–water partition coefficient (Wildman–Crippen LogP) is 0.285. The number of nitrogens with zero attached hydrogens (tertiary/aromatic N) is 1. The lowest BCUT2D eigenvalue weighted by molar-refractivity contribution is -0.119. The van der Waals surface area contributed by atoms with Gasteiger partial charge in [0.05, 0.1) is 6.61 Å². The van der Waals surface area contributed by atoms with Gasteiger partial charge in [-0.2, -0.15) is 0 Å². The Morgan fingerprint density at radius 3 is 2.40 bits per heavy atom. The molecule has 1 fully saturated rings. The summed E-state index contributed by atoms with van der Waals surface area (Å²) >= 11 is 0. The van der Waals surface area contributed by atoms with Gasteiger partial charge in [-0.3, -0.25) is 4.79 Å². The number of amides is 1. The van der Waals surface area contributed by atoms with E-state index >= 15 is 0 Å². The molecule has 1 radical (unpaired) electrons. The Morgan fingerprint density at radius 1 is 1.40 bits per heavy atom. The summed E-state index contributed by atoms with van der Waals surface area (Å²) in [5.41, 5.74) is 0. The van der Waals surface area contributed by atoms with E-state index in [1.54, 1.807) is 4.90 Å². The third-order valence-electron chi connectivity index (χ3n) is 2.03. The van der Waals surface area contributed by atoms with Crippen LogP contribution in [0.3, 0.4) is 0 Å². The highest BCUT2D eigenvalue weighted by atomic mass is 16.3. The number of hydrogen-bond donors (Lipinski definition) is 0. The number of carbonyl (C=O) groups excluding carboxylic acids is 1. The molecule has 57 valence electrons. The summed E-state index contributed by atoms with van der Waals surface area (Å²) in [5, 5.41) is 10.4. The molecule has 0 aliphatic carbocycles. The highest BCUT2D eigenvalue weighted by molar-refractivity contribution is 5.47. The third-order valence-corrected chi connectivity index (χ3v) is 2.03. The van der Waals surface area contributed by atoms with Gasteiger partial charge in [-0.1, -0.05) is 0 Å². The second-order valence-corrected chi connectivity index (χ2v) is 2.75. The summed E-state index contributed by atoms with van der Waals surface area (Å²) in [6, 6.07) is 0. The lowest BCUT2D eigenvalue weighted by Gasteiger charge is -2.27. The van der Waals surface area contributed by atoms with Gasteiger partial charge in [0.1, 0.15) is 0 Å². The van der Waals surface area contributed by atoms with E-state index in [0.717, 1.165) is 32.3 Å². The van der Waals surface area contributed by atoms with Crippen LogP contribution < -0.4 is 0 Å². The Morgan fingerprint density at radius 2 is 2.00 bits per heavy atom. The van der Waals surface area contributed by atoms with Crippen molar-refractivity contribution in [2.75, 3.05) is 19.7 Å². The maximum absolute atomic E-state index is 10.4. The zero-order valence-electron chi connectivity index (χ0n) is 5.95. The summed E-state index contributed by atoms with van der Waals surface area (Å²) in [5.74, 6) is 0.316. The molecule has 0 N–H and O–H groups in total. The largest absolute Gasteiger partial charge is 0.345 e. The van der Waals surface area contributed by atoms with Crippen LogP contribution in [0.2, 0.25) is 0 Å². The summed E-state index contributed by atoms with van der Waals surface area (Å²) in [6.07, 6.45) is 2.64. The molecular weight excluding hydrogens is 130 g/mol. The van der Waals surface area contributed by atoms with Crippen molar-refractivity contribution in [1.29, 1.82) is 0 Å². The molecule has 0 aromatic carbocycles. The average Bonchev–Trinajstić information content (AvgIpc) is 2.05. The number of rotatable bonds is 2. The molecule has 0 bridgehead atoms. The maximum atomic E-state index is 10.4. The van der Waals surface area contributed by atoms with Gasteiger partial charge >= 0.3 is 0 Å². The molecule has 3 nitrogen and oxygen atoms in total. The van der Waals surface area contributed by atoms with Gasteiger partial charge in [0, 0.05) is 13.1 Å². The van der Waals surface area contributed by atoms with E-state index in [1.807, 2.05) is 0 Å². The van der Waals surface area contributed by atoms with E-state index in [9.17, 15) is 9.90 Å². The fourth-order valence-corrected chi connectivity index (χ4v) is 1.23. The van der Waals surface area contributed by atoms with E-state index in [0.29, 0.717) is 5.92 Å². The molecule has 3 heteroatoms. The first-order valence-electron chi connectivity index (χ1n) is 3.64. The van der Waals surface area contributed by atoms with Crippen LogP contribution in [-0.2, 0) is 9.90 Å². The highest BCUT2D eigenvalue weighted by Crippen LogP contribution is 2.14. The van der Waals surface area contributed by atoms with Crippen molar-refractivity contribution >= 4 is 6.41 Å². The Hall–Kier alpha value is -0.570. The van der Waals surface area contributed by atoms with Crippen LogP contribution in [0.5, 0.6) is 0 Å². The zero-order valence-corrected chi connectivity index (χ0v) is 5.95. The van der Waals surface area contributed by atoms with Crippen LogP contribution in [0, 0.1) is 5.92 Å². The average molecular weight is 142 g/mol. The van der Waals surface area contributed by atoms with Gasteiger partial charge < -0.3 is 4.90 Å². The van der Waals surface area contributed by atoms with Gasteiger partial charge in [0.15, 0.2) is 0 Å². The van der Waals surface area contributed by atoms with Crippen LogP contribution in [0.4, 0.5) is 0 Å². The summed E-state index contributed by atoms with van der Waals surface area (Å²) in [6.45, 7) is 1.57. The van der Waals surface area contributed by atoms with Gasteiger partial charge in [0.25, 0.3) is 0 Å². The zero-order chi connectivity index (χ0) is 7.40. The van der Waals surface area contributed by atoms with Crippen molar-refractivity contribution in [2.45, 2.75) is 12.8 Å². The van der Waals surface area contributed by atoms with Gasteiger partial charge in [0.2, 0.25) is 6.41 Å². The molecule has 0 saturated carbocycles. The van der Waals surface area contributed by atoms with Gasteiger partial charge in [-0.15, -0.1) is 0 Å².